The second kappa shape index (κ2) is 8.46. The van der Waals surface area contributed by atoms with E-state index in [1.165, 1.54) is 30.0 Å². The van der Waals surface area contributed by atoms with Gasteiger partial charge in [0.2, 0.25) is 5.91 Å². The van der Waals surface area contributed by atoms with Crippen LogP contribution in [0.15, 0.2) is 24.3 Å². The lowest BCUT2D eigenvalue weighted by Gasteiger charge is -2.28. The summed E-state index contributed by atoms with van der Waals surface area (Å²) in [5, 5.41) is 18.0. The summed E-state index contributed by atoms with van der Waals surface area (Å²) in [6.07, 6.45) is 1.74. The number of benzene rings is 1. The summed E-state index contributed by atoms with van der Waals surface area (Å²) in [6, 6.07) is 5.64. The lowest BCUT2D eigenvalue weighted by Crippen LogP contribution is -2.43. The molecule has 8 heteroatoms. The van der Waals surface area contributed by atoms with Crippen LogP contribution >= 0.6 is 0 Å². The van der Waals surface area contributed by atoms with Gasteiger partial charge in [-0.2, -0.15) is 0 Å². The zero-order valence-corrected chi connectivity index (χ0v) is 14.6. The van der Waals surface area contributed by atoms with Crippen LogP contribution in [-0.4, -0.2) is 69.4 Å². The largest absolute Gasteiger partial charge is 0.480 e. The molecule has 1 heterocycles. The van der Waals surface area contributed by atoms with Crippen LogP contribution in [0.25, 0.3) is 0 Å². The Balaban J connectivity index is 2.08. The van der Waals surface area contributed by atoms with Gasteiger partial charge in [0.1, 0.15) is 6.54 Å². The van der Waals surface area contributed by atoms with Crippen LogP contribution in [0.3, 0.4) is 0 Å². The summed E-state index contributed by atoms with van der Waals surface area (Å²) in [5.41, 5.74) is 0.352. The van der Waals surface area contributed by atoms with E-state index in [0.717, 1.165) is 0 Å². The Kier molecular flexibility index (Phi) is 6.32. The lowest BCUT2D eigenvalue weighted by atomic mass is 10.1. The highest BCUT2D eigenvalue weighted by Gasteiger charge is 2.28. The van der Waals surface area contributed by atoms with Gasteiger partial charge in [0, 0.05) is 31.6 Å². The van der Waals surface area contributed by atoms with Gasteiger partial charge < -0.3 is 20.0 Å². The Bertz CT molecular complexity index is 717. The van der Waals surface area contributed by atoms with E-state index in [2.05, 4.69) is 0 Å². The molecule has 1 unspecified atom stereocenters. The minimum atomic E-state index is -1.10. The summed E-state index contributed by atoms with van der Waals surface area (Å²) < 4.78 is 0. The molecule has 1 aromatic rings. The van der Waals surface area contributed by atoms with Crippen molar-refractivity contribution in [2.75, 3.05) is 19.6 Å². The van der Waals surface area contributed by atoms with Crippen LogP contribution in [-0.2, 0) is 9.59 Å². The van der Waals surface area contributed by atoms with Crippen molar-refractivity contribution in [3.8, 4) is 0 Å². The number of carbonyl (C=O) groups excluding carboxylic acids is 2. The summed E-state index contributed by atoms with van der Waals surface area (Å²) in [7, 11) is 0. The average Bonchev–Trinajstić information content (AvgIpc) is 2.84. The van der Waals surface area contributed by atoms with E-state index in [-0.39, 0.29) is 30.0 Å². The monoisotopic (exact) mass is 362 g/mol. The van der Waals surface area contributed by atoms with Crippen molar-refractivity contribution in [3.63, 3.8) is 0 Å². The quantitative estimate of drug-likeness (QED) is 0.816. The Morgan fingerprint density at radius 1 is 1.12 bits per heavy atom. The minimum Gasteiger partial charge on any atom is -0.480 e. The Morgan fingerprint density at radius 2 is 1.81 bits per heavy atom. The second-order valence-corrected chi connectivity index (χ2v) is 6.30. The molecule has 0 spiro atoms. The minimum absolute atomic E-state index is 0.0489. The summed E-state index contributed by atoms with van der Waals surface area (Å²) in [4.78, 5) is 49.4. The molecule has 0 saturated carbocycles. The Labute approximate surface area is 151 Å². The van der Waals surface area contributed by atoms with Gasteiger partial charge >= 0.3 is 11.9 Å². The highest BCUT2D eigenvalue weighted by Crippen LogP contribution is 2.19. The number of aromatic carboxylic acids is 1. The standard InChI is InChI=1S/C18H22N2O6/c1-12(21)20(11-16(22)23)15-6-3-8-19(9-7-15)17(24)13-4-2-5-14(10-13)18(25)26/h2,4-5,10,15H,3,6-9,11H2,1H3,(H,22,23)(H,25,26). The summed E-state index contributed by atoms with van der Waals surface area (Å²) in [6.45, 7) is 1.85. The van der Waals surface area contributed by atoms with E-state index in [1.807, 2.05) is 0 Å². The maximum Gasteiger partial charge on any atom is 0.335 e. The molecule has 2 N–H and O–H groups in total. The molecular weight excluding hydrogens is 340 g/mol. The van der Waals surface area contributed by atoms with Crippen LogP contribution in [0.5, 0.6) is 0 Å². The predicted molar refractivity (Wildman–Crippen MR) is 92.0 cm³/mol. The number of carboxylic acid groups (broad SMARTS) is 2. The number of nitrogens with zero attached hydrogens (tertiary/aromatic N) is 2. The van der Waals surface area contributed by atoms with Gasteiger partial charge in [-0.1, -0.05) is 6.07 Å². The molecule has 1 aliphatic rings. The van der Waals surface area contributed by atoms with Gasteiger partial charge in [0.15, 0.2) is 0 Å². The third kappa shape index (κ3) is 4.81. The molecular formula is C18H22N2O6. The summed E-state index contributed by atoms with van der Waals surface area (Å²) in [5.74, 6) is -2.73. The van der Waals surface area contributed by atoms with Crippen molar-refractivity contribution >= 4 is 23.8 Å². The first-order chi connectivity index (χ1) is 12.3. The van der Waals surface area contributed by atoms with Gasteiger partial charge in [0.25, 0.3) is 5.91 Å². The molecule has 1 aromatic carbocycles. The molecule has 2 amide bonds. The molecule has 140 valence electrons. The first kappa shape index (κ1) is 19.4. The Morgan fingerprint density at radius 3 is 2.42 bits per heavy atom. The lowest BCUT2D eigenvalue weighted by molar-refractivity contribution is -0.145. The fourth-order valence-electron chi connectivity index (χ4n) is 3.20. The first-order valence-corrected chi connectivity index (χ1v) is 8.41. The van der Waals surface area contributed by atoms with Crippen molar-refractivity contribution < 1.29 is 29.4 Å². The molecule has 0 bridgehead atoms. The van der Waals surface area contributed by atoms with Crippen molar-refractivity contribution in [2.24, 2.45) is 0 Å². The maximum atomic E-state index is 12.7. The van der Waals surface area contributed by atoms with Crippen LogP contribution in [0.1, 0.15) is 46.9 Å². The van der Waals surface area contributed by atoms with Crippen molar-refractivity contribution in [1.29, 1.82) is 0 Å². The highest BCUT2D eigenvalue weighted by atomic mass is 16.4. The number of amides is 2. The number of hydrogen-bond donors (Lipinski definition) is 2. The molecule has 0 aromatic heterocycles. The molecule has 1 aliphatic heterocycles. The van der Waals surface area contributed by atoms with Gasteiger partial charge in [-0.15, -0.1) is 0 Å². The fraction of sp³-hybridized carbons (Fsp3) is 0.444. The van der Waals surface area contributed by atoms with Gasteiger partial charge in [-0.3, -0.25) is 14.4 Å². The topological polar surface area (TPSA) is 115 Å². The first-order valence-electron chi connectivity index (χ1n) is 8.41. The Hall–Kier alpha value is -2.90. The molecule has 1 atom stereocenters. The van der Waals surface area contributed by atoms with Crippen molar-refractivity contribution in [3.05, 3.63) is 35.4 Å². The number of rotatable bonds is 5. The molecule has 0 radical (unpaired) electrons. The third-order valence-electron chi connectivity index (χ3n) is 4.49. The second-order valence-electron chi connectivity index (χ2n) is 6.30. The van der Waals surface area contributed by atoms with E-state index in [0.29, 0.717) is 37.9 Å². The number of likely N-dealkylation sites (tertiary alicyclic amines) is 1. The fourth-order valence-corrected chi connectivity index (χ4v) is 3.20. The molecule has 2 rings (SSSR count). The molecule has 0 aliphatic carbocycles. The van der Waals surface area contributed by atoms with Crippen LogP contribution in [0.4, 0.5) is 0 Å². The maximum absolute atomic E-state index is 12.7. The number of hydrogen-bond acceptors (Lipinski definition) is 4. The number of carboxylic acids is 2. The number of aliphatic carboxylic acids is 1. The normalized spacial score (nSPS) is 17.3. The van der Waals surface area contributed by atoms with Crippen molar-refractivity contribution in [1.82, 2.24) is 9.80 Å². The molecule has 8 nitrogen and oxygen atoms in total. The van der Waals surface area contributed by atoms with Gasteiger partial charge in [-0.25, -0.2) is 4.79 Å². The van der Waals surface area contributed by atoms with E-state index in [1.54, 1.807) is 11.0 Å². The van der Waals surface area contributed by atoms with Crippen LogP contribution in [0.2, 0.25) is 0 Å². The van der Waals surface area contributed by atoms with Crippen molar-refractivity contribution in [2.45, 2.75) is 32.2 Å². The van der Waals surface area contributed by atoms with Gasteiger partial charge in [-0.05, 0) is 37.5 Å². The molecule has 26 heavy (non-hydrogen) atoms. The van der Waals surface area contributed by atoms with Gasteiger partial charge in [0.05, 0.1) is 5.56 Å². The smallest absolute Gasteiger partial charge is 0.335 e. The van der Waals surface area contributed by atoms with E-state index in [9.17, 15) is 19.2 Å². The highest BCUT2D eigenvalue weighted by molar-refractivity contribution is 5.97. The summed E-state index contributed by atoms with van der Waals surface area (Å²) >= 11 is 0. The van der Waals surface area contributed by atoms with E-state index >= 15 is 0 Å². The zero-order chi connectivity index (χ0) is 19.3. The predicted octanol–water partition coefficient (Wildman–Crippen LogP) is 1.31. The molecule has 1 saturated heterocycles. The average molecular weight is 362 g/mol. The van der Waals surface area contributed by atoms with E-state index in [4.69, 9.17) is 10.2 Å². The van der Waals surface area contributed by atoms with Crippen LogP contribution < -0.4 is 0 Å². The third-order valence-corrected chi connectivity index (χ3v) is 4.49. The molecule has 1 fully saturated rings. The van der Waals surface area contributed by atoms with Crippen LogP contribution in [0, 0.1) is 0 Å². The SMILES string of the molecule is CC(=O)N(CC(=O)O)C1CCCN(C(=O)c2cccc(C(=O)O)c2)CC1. The number of carbonyl (C=O) groups is 4. The van der Waals surface area contributed by atoms with E-state index < -0.39 is 11.9 Å². The zero-order valence-electron chi connectivity index (χ0n) is 14.6.